The second-order valence-electron chi connectivity index (χ2n) is 3.14. The lowest BCUT2D eigenvalue weighted by Crippen LogP contribution is -2.32. The molecule has 0 saturated heterocycles. The lowest BCUT2D eigenvalue weighted by atomic mass is 10.2. The number of hydrogen-bond acceptors (Lipinski definition) is 4. The van der Waals surface area contributed by atoms with Crippen LogP contribution in [0.3, 0.4) is 0 Å². The highest BCUT2D eigenvalue weighted by atomic mass is 35.5. The Morgan fingerprint density at radius 2 is 2.18 bits per heavy atom. The van der Waals surface area contributed by atoms with E-state index in [0.717, 1.165) is 0 Å². The molecule has 7 heteroatoms. The molecular weight excluding hydrogens is 265 g/mol. The Hall–Kier alpha value is -1.56. The number of pyridine rings is 1. The number of ether oxygens (including phenoxy) is 1. The number of aromatic nitrogens is 1. The van der Waals surface area contributed by atoms with E-state index in [9.17, 15) is 4.79 Å². The molecule has 0 unspecified atom stereocenters. The molecule has 0 aliphatic carbocycles. The van der Waals surface area contributed by atoms with E-state index in [1.807, 2.05) is 5.43 Å². The summed E-state index contributed by atoms with van der Waals surface area (Å²) in [5.41, 5.74) is 2.28. The number of hydrazine groups is 1. The minimum atomic E-state index is -0.823. The van der Waals surface area contributed by atoms with Gasteiger partial charge in [-0.2, -0.15) is 0 Å². The molecule has 2 rings (SSSR count). The average Bonchev–Trinajstić information content (AvgIpc) is 2.32. The van der Waals surface area contributed by atoms with Crippen molar-refractivity contribution in [2.45, 2.75) is 0 Å². The number of hydrogen-bond donors (Lipinski definition) is 2. The molecular formula is C10H7Cl2N3O2. The first-order valence-electron chi connectivity index (χ1n) is 4.54. The molecule has 88 valence electrons. The Labute approximate surface area is 106 Å². The van der Waals surface area contributed by atoms with E-state index in [2.05, 4.69) is 4.98 Å². The molecule has 0 fully saturated rings. The molecule has 1 amide bonds. The highest BCUT2D eigenvalue weighted by Gasteiger charge is 2.12. The largest absolute Gasteiger partial charge is 0.426 e. The van der Waals surface area contributed by atoms with Crippen molar-refractivity contribution in [2.24, 2.45) is 5.84 Å². The van der Waals surface area contributed by atoms with Gasteiger partial charge in [-0.05, 0) is 12.1 Å². The summed E-state index contributed by atoms with van der Waals surface area (Å²) in [6.07, 6.45) is 0.615. The van der Waals surface area contributed by atoms with Gasteiger partial charge in [-0.3, -0.25) is 10.4 Å². The zero-order valence-corrected chi connectivity index (χ0v) is 9.92. The zero-order valence-electron chi connectivity index (χ0n) is 8.41. The van der Waals surface area contributed by atoms with Crippen LogP contribution in [0.25, 0.3) is 10.9 Å². The molecule has 0 spiro atoms. The van der Waals surface area contributed by atoms with Gasteiger partial charge in [0.25, 0.3) is 0 Å². The third kappa shape index (κ3) is 2.41. The van der Waals surface area contributed by atoms with E-state index >= 15 is 0 Å². The number of benzene rings is 1. The fourth-order valence-corrected chi connectivity index (χ4v) is 1.70. The van der Waals surface area contributed by atoms with Crippen molar-refractivity contribution < 1.29 is 9.53 Å². The van der Waals surface area contributed by atoms with Crippen LogP contribution in [-0.2, 0) is 0 Å². The van der Waals surface area contributed by atoms with E-state index < -0.39 is 6.09 Å². The van der Waals surface area contributed by atoms with Crippen LogP contribution in [0.15, 0.2) is 24.4 Å². The Bertz CT molecular complexity index is 589. The summed E-state index contributed by atoms with van der Waals surface area (Å²) in [4.78, 5) is 15.1. The zero-order chi connectivity index (χ0) is 12.4. The maximum Gasteiger partial charge on any atom is 0.426 e. The van der Waals surface area contributed by atoms with Gasteiger partial charge in [-0.25, -0.2) is 10.6 Å². The molecule has 2 aromatic rings. The lowest BCUT2D eigenvalue weighted by Gasteiger charge is -2.08. The molecule has 17 heavy (non-hydrogen) atoms. The van der Waals surface area contributed by atoms with Gasteiger partial charge in [0.05, 0.1) is 10.0 Å². The number of nitrogens with zero attached hydrogens (tertiary/aromatic N) is 1. The van der Waals surface area contributed by atoms with Crippen LogP contribution in [0.4, 0.5) is 4.79 Å². The molecule has 0 aliphatic heterocycles. The van der Waals surface area contributed by atoms with Crippen molar-refractivity contribution in [3.8, 4) is 5.75 Å². The van der Waals surface area contributed by atoms with Crippen LogP contribution < -0.4 is 16.0 Å². The lowest BCUT2D eigenvalue weighted by molar-refractivity contribution is 0.201. The van der Waals surface area contributed by atoms with Crippen LogP contribution in [-0.4, -0.2) is 11.1 Å². The van der Waals surface area contributed by atoms with Gasteiger partial charge in [-0.15, -0.1) is 0 Å². The number of carbonyl (C=O) groups excluding carboxylic acids is 1. The fourth-order valence-electron chi connectivity index (χ4n) is 1.34. The van der Waals surface area contributed by atoms with Crippen molar-refractivity contribution in [2.75, 3.05) is 0 Å². The van der Waals surface area contributed by atoms with Crippen molar-refractivity contribution >= 4 is 40.2 Å². The summed E-state index contributed by atoms with van der Waals surface area (Å²) in [5.74, 6) is 5.07. The Balaban J connectivity index is 2.59. The Morgan fingerprint density at radius 1 is 1.41 bits per heavy atom. The normalized spacial score (nSPS) is 10.3. The van der Waals surface area contributed by atoms with Crippen LogP contribution in [0.5, 0.6) is 5.75 Å². The monoisotopic (exact) mass is 271 g/mol. The predicted molar refractivity (Wildman–Crippen MR) is 65.1 cm³/mol. The van der Waals surface area contributed by atoms with E-state index in [4.69, 9.17) is 33.8 Å². The molecule has 0 aliphatic rings. The first kappa shape index (κ1) is 11.9. The quantitative estimate of drug-likeness (QED) is 0.475. The number of carbonyl (C=O) groups is 1. The van der Waals surface area contributed by atoms with Crippen molar-refractivity contribution in [1.82, 2.24) is 10.4 Å². The molecule has 0 saturated carbocycles. The number of rotatable bonds is 1. The first-order valence-corrected chi connectivity index (χ1v) is 5.29. The van der Waals surface area contributed by atoms with Gasteiger partial charge in [0.1, 0.15) is 5.52 Å². The number of amides is 1. The SMILES string of the molecule is NNC(=O)Oc1c(Cl)ccc2cc(Cl)cnc12. The molecule has 5 nitrogen and oxygen atoms in total. The Morgan fingerprint density at radius 3 is 2.88 bits per heavy atom. The topological polar surface area (TPSA) is 77.2 Å². The fraction of sp³-hybridized carbons (Fsp3) is 0. The molecule has 3 N–H and O–H groups in total. The van der Waals surface area contributed by atoms with E-state index in [-0.39, 0.29) is 10.8 Å². The van der Waals surface area contributed by atoms with Crippen molar-refractivity contribution in [3.63, 3.8) is 0 Å². The van der Waals surface area contributed by atoms with Gasteiger partial charge in [-0.1, -0.05) is 29.3 Å². The van der Waals surface area contributed by atoms with Gasteiger partial charge >= 0.3 is 6.09 Å². The van der Waals surface area contributed by atoms with Crippen LogP contribution in [0.2, 0.25) is 10.0 Å². The molecule has 0 bridgehead atoms. The maximum absolute atomic E-state index is 11.1. The highest BCUT2D eigenvalue weighted by molar-refractivity contribution is 6.33. The van der Waals surface area contributed by atoms with Gasteiger partial charge in [0.2, 0.25) is 0 Å². The summed E-state index contributed by atoms with van der Waals surface area (Å²) in [6.45, 7) is 0. The average molecular weight is 272 g/mol. The number of nitrogens with two attached hydrogens (primary N) is 1. The molecule has 1 aromatic heterocycles. The Kier molecular flexibility index (Phi) is 3.33. The predicted octanol–water partition coefficient (Wildman–Crippen LogP) is 2.50. The van der Waals surface area contributed by atoms with E-state index in [1.165, 1.54) is 6.20 Å². The summed E-state index contributed by atoms with van der Waals surface area (Å²) in [7, 11) is 0. The summed E-state index contributed by atoms with van der Waals surface area (Å²) >= 11 is 11.7. The standard InChI is InChI=1S/C10H7Cl2N3O2/c11-6-3-5-1-2-7(12)9(8(5)14-4-6)17-10(16)15-13/h1-4H,13H2,(H,15,16). The molecule has 0 atom stereocenters. The number of halogens is 2. The number of fused-ring (bicyclic) bond motifs is 1. The van der Waals surface area contributed by atoms with Gasteiger partial charge in [0.15, 0.2) is 5.75 Å². The van der Waals surface area contributed by atoms with Crippen LogP contribution in [0.1, 0.15) is 0 Å². The van der Waals surface area contributed by atoms with Gasteiger partial charge in [0, 0.05) is 11.6 Å². The van der Waals surface area contributed by atoms with Crippen LogP contribution >= 0.6 is 23.2 Å². The number of nitrogens with one attached hydrogen (secondary N) is 1. The summed E-state index contributed by atoms with van der Waals surface area (Å²) < 4.78 is 4.93. The van der Waals surface area contributed by atoms with Gasteiger partial charge < -0.3 is 4.74 Å². The van der Waals surface area contributed by atoms with Crippen LogP contribution in [0, 0.1) is 0 Å². The minimum absolute atomic E-state index is 0.142. The smallest absolute Gasteiger partial charge is 0.405 e. The van der Waals surface area contributed by atoms with E-state index in [1.54, 1.807) is 18.2 Å². The highest BCUT2D eigenvalue weighted by Crippen LogP contribution is 2.33. The summed E-state index contributed by atoms with van der Waals surface area (Å²) in [6, 6.07) is 5.00. The second kappa shape index (κ2) is 4.75. The minimum Gasteiger partial charge on any atom is -0.405 e. The molecule has 0 radical (unpaired) electrons. The third-order valence-corrected chi connectivity index (χ3v) is 2.54. The maximum atomic E-state index is 11.1. The van der Waals surface area contributed by atoms with Crippen molar-refractivity contribution in [1.29, 1.82) is 0 Å². The molecule has 1 aromatic carbocycles. The molecule has 1 heterocycles. The third-order valence-electron chi connectivity index (χ3n) is 2.04. The second-order valence-corrected chi connectivity index (χ2v) is 3.98. The van der Waals surface area contributed by atoms with Crippen molar-refractivity contribution in [3.05, 3.63) is 34.4 Å². The first-order chi connectivity index (χ1) is 8.11. The summed E-state index contributed by atoms with van der Waals surface area (Å²) in [5, 5.41) is 1.45. The van der Waals surface area contributed by atoms with E-state index in [0.29, 0.717) is 15.9 Å².